The van der Waals surface area contributed by atoms with Crippen LogP contribution in [0.15, 0.2) is 40.9 Å². The molecule has 0 saturated carbocycles. The lowest BCUT2D eigenvalue weighted by Crippen LogP contribution is -2.12. The zero-order valence-electron chi connectivity index (χ0n) is 9.41. The summed E-state index contributed by atoms with van der Waals surface area (Å²) in [5.41, 5.74) is 1.18. The first-order valence-electron chi connectivity index (χ1n) is 5.39. The van der Waals surface area contributed by atoms with Crippen LogP contribution in [-0.2, 0) is 11.2 Å². The number of hydrogen-bond donors (Lipinski definition) is 0. The molecule has 0 spiro atoms. The number of halogens is 2. The molecular formula is C14H12Br2O. The topological polar surface area (TPSA) is 17.1 Å². The Balaban J connectivity index is 2.32. The van der Waals surface area contributed by atoms with Gasteiger partial charge in [0, 0.05) is 4.47 Å². The Bertz CT molecular complexity index is 563. The van der Waals surface area contributed by atoms with E-state index < -0.39 is 0 Å². The van der Waals surface area contributed by atoms with Gasteiger partial charge in [-0.05, 0) is 41.8 Å². The minimum absolute atomic E-state index is 0.0876. The van der Waals surface area contributed by atoms with Gasteiger partial charge in [-0.3, -0.25) is 4.79 Å². The molecule has 3 heteroatoms. The summed E-state index contributed by atoms with van der Waals surface area (Å²) in [7, 11) is 0. The van der Waals surface area contributed by atoms with Gasteiger partial charge < -0.3 is 0 Å². The molecule has 2 aromatic carbocycles. The number of benzene rings is 2. The molecule has 2 rings (SSSR count). The van der Waals surface area contributed by atoms with Crippen molar-refractivity contribution in [2.24, 2.45) is 0 Å². The molecule has 0 radical (unpaired) electrons. The molecule has 0 aliphatic rings. The van der Waals surface area contributed by atoms with Crippen LogP contribution in [0.3, 0.4) is 0 Å². The number of Topliss-reactive ketones (excluding diaryl/α,β-unsaturated/α-hetero) is 1. The first-order chi connectivity index (χ1) is 8.06. The third kappa shape index (κ3) is 3.17. The maximum Gasteiger partial charge on any atom is 0.143 e. The van der Waals surface area contributed by atoms with Crippen LogP contribution in [0.1, 0.15) is 12.5 Å². The number of carbonyl (C=O) groups excluding carboxylic acids is 1. The van der Waals surface area contributed by atoms with Crippen molar-refractivity contribution >= 4 is 48.4 Å². The molecule has 0 aliphatic heterocycles. The molecule has 0 heterocycles. The highest BCUT2D eigenvalue weighted by molar-refractivity contribution is 9.10. The van der Waals surface area contributed by atoms with Crippen molar-refractivity contribution in [1.82, 2.24) is 0 Å². The second-order valence-corrected chi connectivity index (χ2v) is 6.13. The van der Waals surface area contributed by atoms with E-state index in [2.05, 4.69) is 62.2 Å². The first kappa shape index (κ1) is 12.8. The van der Waals surface area contributed by atoms with Crippen molar-refractivity contribution in [2.75, 3.05) is 0 Å². The molecular weight excluding hydrogens is 344 g/mol. The fraction of sp³-hybridized carbons (Fsp3) is 0.214. The van der Waals surface area contributed by atoms with Crippen molar-refractivity contribution in [3.8, 4) is 0 Å². The molecule has 0 bridgehead atoms. The van der Waals surface area contributed by atoms with Crippen molar-refractivity contribution < 1.29 is 4.79 Å². The van der Waals surface area contributed by atoms with Crippen LogP contribution in [0, 0.1) is 0 Å². The molecule has 0 saturated heterocycles. The Morgan fingerprint density at radius 3 is 2.53 bits per heavy atom. The summed E-state index contributed by atoms with van der Waals surface area (Å²) >= 11 is 6.86. The highest BCUT2D eigenvalue weighted by atomic mass is 79.9. The normalized spacial score (nSPS) is 12.6. The molecule has 0 amide bonds. The largest absolute Gasteiger partial charge is 0.299 e. The van der Waals surface area contributed by atoms with Crippen LogP contribution in [-0.4, -0.2) is 10.6 Å². The maximum atomic E-state index is 11.2. The Morgan fingerprint density at radius 2 is 1.82 bits per heavy atom. The molecule has 0 aliphatic carbocycles. The van der Waals surface area contributed by atoms with Crippen LogP contribution in [0.5, 0.6) is 0 Å². The van der Waals surface area contributed by atoms with Crippen LogP contribution < -0.4 is 0 Å². The predicted octanol–water partition coefficient (Wildman–Crippen LogP) is 4.50. The maximum absolute atomic E-state index is 11.2. The van der Waals surface area contributed by atoms with Gasteiger partial charge in [0.1, 0.15) is 5.78 Å². The van der Waals surface area contributed by atoms with E-state index >= 15 is 0 Å². The molecule has 1 nitrogen and oxygen atoms in total. The van der Waals surface area contributed by atoms with Crippen LogP contribution >= 0.6 is 31.9 Å². The number of fused-ring (bicyclic) bond motifs is 1. The van der Waals surface area contributed by atoms with E-state index in [1.807, 2.05) is 6.07 Å². The Labute approximate surface area is 117 Å². The Morgan fingerprint density at radius 1 is 1.18 bits per heavy atom. The zero-order valence-corrected chi connectivity index (χ0v) is 12.6. The van der Waals surface area contributed by atoms with Gasteiger partial charge in [0.25, 0.3) is 0 Å². The van der Waals surface area contributed by atoms with Crippen molar-refractivity contribution in [2.45, 2.75) is 18.2 Å². The highest BCUT2D eigenvalue weighted by Gasteiger charge is 2.10. The van der Waals surface area contributed by atoms with Crippen LogP contribution in [0.2, 0.25) is 0 Å². The van der Waals surface area contributed by atoms with Crippen molar-refractivity contribution in [3.63, 3.8) is 0 Å². The minimum atomic E-state index is -0.0876. The third-order valence-corrected chi connectivity index (χ3v) is 4.18. The van der Waals surface area contributed by atoms with E-state index in [0.29, 0.717) is 0 Å². The smallest absolute Gasteiger partial charge is 0.143 e. The first-order valence-corrected chi connectivity index (χ1v) is 7.10. The van der Waals surface area contributed by atoms with E-state index in [1.165, 1.54) is 16.3 Å². The molecule has 17 heavy (non-hydrogen) atoms. The average Bonchev–Trinajstić information content (AvgIpc) is 2.29. The Hall–Kier alpha value is -0.670. The molecule has 0 N–H and O–H groups in total. The van der Waals surface area contributed by atoms with Crippen LogP contribution in [0.25, 0.3) is 10.8 Å². The highest BCUT2D eigenvalue weighted by Crippen LogP contribution is 2.22. The minimum Gasteiger partial charge on any atom is -0.299 e. The predicted molar refractivity (Wildman–Crippen MR) is 78.7 cm³/mol. The lowest BCUT2D eigenvalue weighted by molar-refractivity contribution is -0.116. The van der Waals surface area contributed by atoms with Gasteiger partial charge >= 0.3 is 0 Å². The van der Waals surface area contributed by atoms with Gasteiger partial charge in [0.2, 0.25) is 0 Å². The summed E-state index contributed by atoms with van der Waals surface area (Å²) in [5, 5.41) is 2.41. The summed E-state index contributed by atoms with van der Waals surface area (Å²) in [4.78, 5) is 11.1. The summed E-state index contributed by atoms with van der Waals surface area (Å²) in [6.45, 7) is 1.61. The van der Waals surface area contributed by atoms with Gasteiger partial charge in [0.15, 0.2) is 0 Å². The second kappa shape index (κ2) is 5.32. The summed E-state index contributed by atoms with van der Waals surface area (Å²) in [6.07, 6.45) is 0.737. The van der Waals surface area contributed by atoms with E-state index in [1.54, 1.807) is 6.92 Å². The second-order valence-electron chi connectivity index (χ2n) is 4.11. The fourth-order valence-electron chi connectivity index (χ4n) is 1.74. The SMILES string of the molecule is CC(=O)C(Br)Cc1ccc2cc(Br)ccc2c1. The molecule has 1 atom stereocenters. The zero-order chi connectivity index (χ0) is 12.4. The third-order valence-electron chi connectivity index (χ3n) is 2.72. The number of rotatable bonds is 3. The van der Waals surface area contributed by atoms with E-state index in [9.17, 15) is 4.79 Å². The molecule has 0 aromatic heterocycles. The number of ketones is 1. The molecule has 88 valence electrons. The van der Waals surface area contributed by atoms with Crippen LogP contribution in [0.4, 0.5) is 0 Å². The van der Waals surface area contributed by atoms with Crippen molar-refractivity contribution in [3.05, 3.63) is 46.4 Å². The fourth-order valence-corrected chi connectivity index (χ4v) is 2.50. The Kier molecular flexibility index (Phi) is 4.00. The summed E-state index contributed by atoms with van der Waals surface area (Å²) in [6, 6.07) is 12.5. The van der Waals surface area contributed by atoms with Crippen molar-refractivity contribution in [1.29, 1.82) is 0 Å². The van der Waals surface area contributed by atoms with E-state index in [0.717, 1.165) is 10.9 Å². The van der Waals surface area contributed by atoms with E-state index in [4.69, 9.17) is 0 Å². The van der Waals surface area contributed by atoms with Gasteiger partial charge in [-0.25, -0.2) is 0 Å². The van der Waals surface area contributed by atoms with Gasteiger partial charge in [-0.1, -0.05) is 56.1 Å². The monoisotopic (exact) mass is 354 g/mol. The van der Waals surface area contributed by atoms with E-state index in [-0.39, 0.29) is 10.6 Å². The summed E-state index contributed by atoms with van der Waals surface area (Å²) < 4.78 is 1.08. The standard InChI is InChI=1S/C14H12Br2O/c1-9(17)14(16)7-10-2-3-12-8-13(15)5-4-11(12)6-10/h2-6,8,14H,7H2,1H3. The molecule has 0 fully saturated rings. The van der Waals surface area contributed by atoms with Gasteiger partial charge in [-0.2, -0.15) is 0 Å². The lowest BCUT2D eigenvalue weighted by atomic mass is 10.0. The molecule has 2 aromatic rings. The van der Waals surface area contributed by atoms with Gasteiger partial charge in [0.05, 0.1) is 4.83 Å². The molecule has 1 unspecified atom stereocenters. The number of alkyl halides is 1. The number of carbonyl (C=O) groups is 1. The average molecular weight is 356 g/mol. The lowest BCUT2D eigenvalue weighted by Gasteiger charge is -2.07. The summed E-state index contributed by atoms with van der Waals surface area (Å²) in [5.74, 6) is 0.168. The van der Waals surface area contributed by atoms with Gasteiger partial charge in [-0.15, -0.1) is 0 Å². The quantitative estimate of drug-likeness (QED) is 0.741. The number of hydrogen-bond acceptors (Lipinski definition) is 1.